The highest BCUT2D eigenvalue weighted by Crippen LogP contribution is 2.12. The van der Waals surface area contributed by atoms with E-state index in [1.54, 1.807) is 0 Å². The van der Waals surface area contributed by atoms with Crippen LogP contribution in [0, 0.1) is 5.92 Å². The predicted molar refractivity (Wildman–Crippen MR) is 75.1 cm³/mol. The molecule has 4 heteroatoms. The summed E-state index contributed by atoms with van der Waals surface area (Å²) in [5.41, 5.74) is 1.22. The van der Waals surface area contributed by atoms with E-state index < -0.39 is 0 Å². The smallest absolute Gasteiger partial charge is 0.308 e. The number of hydrogen-bond donors (Lipinski definition) is 1. The van der Waals surface area contributed by atoms with E-state index in [1.165, 1.54) is 12.7 Å². The molecular formula is C15H23NO3. The molecule has 0 saturated heterocycles. The lowest BCUT2D eigenvalue weighted by Crippen LogP contribution is -2.18. The van der Waals surface area contributed by atoms with Gasteiger partial charge in [-0.15, -0.1) is 0 Å². The van der Waals surface area contributed by atoms with Crippen LogP contribution in [0.5, 0.6) is 5.75 Å². The quantitative estimate of drug-likeness (QED) is 0.733. The van der Waals surface area contributed by atoms with Gasteiger partial charge in [0.05, 0.1) is 20.1 Å². The van der Waals surface area contributed by atoms with Crippen molar-refractivity contribution in [2.75, 3.05) is 20.3 Å². The molecule has 19 heavy (non-hydrogen) atoms. The van der Waals surface area contributed by atoms with Crippen molar-refractivity contribution in [3.05, 3.63) is 29.8 Å². The molecule has 0 bridgehead atoms. The summed E-state index contributed by atoms with van der Waals surface area (Å²) in [6.45, 7) is 6.59. The van der Waals surface area contributed by atoms with Gasteiger partial charge in [-0.2, -0.15) is 0 Å². The number of methoxy groups -OCH3 is 1. The molecule has 1 aromatic carbocycles. The highest BCUT2D eigenvalue weighted by Gasteiger charge is 2.01. The SMILES string of the molecule is COC(=O)CCOc1ccc(CNCC(C)C)cc1. The number of esters is 1. The predicted octanol–water partition coefficient (Wildman–Crippen LogP) is 2.37. The van der Waals surface area contributed by atoms with Gasteiger partial charge in [-0.25, -0.2) is 0 Å². The number of nitrogens with one attached hydrogen (secondary N) is 1. The second kappa shape index (κ2) is 8.53. The molecule has 0 radical (unpaired) electrons. The molecule has 0 heterocycles. The summed E-state index contributed by atoms with van der Waals surface area (Å²) in [4.78, 5) is 10.9. The summed E-state index contributed by atoms with van der Waals surface area (Å²) < 4.78 is 10.00. The number of hydrogen-bond acceptors (Lipinski definition) is 4. The Morgan fingerprint density at radius 2 is 1.95 bits per heavy atom. The third-order valence-electron chi connectivity index (χ3n) is 2.61. The van der Waals surface area contributed by atoms with Gasteiger partial charge in [-0.3, -0.25) is 4.79 Å². The van der Waals surface area contributed by atoms with Crippen molar-refractivity contribution in [3.63, 3.8) is 0 Å². The number of carbonyl (C=O) groups is 1. The van der Waals surface area contributed by atoms with Crippen LogP contribution in [0.25, 0.3) is 0 Å². The van der Waals surface area contributed by atoms with E-state index in [0.29, 0.717) is 12.5 Å². The molecule has 0 saturated carbocycles. The van der Waals surface area contributed by atoms with Gasteiger partial charge < -0.3 is 14.8 Å². The molecule has 0 unspecified atom stereocenters. The monoisotopic (exact) mass is 265 g/mol. The molecule has 0 aromatic heterocycles. The van der Waals surface area contributed by atoms with Gasteiger partial charge in [0.1, 0.15) is 5.75 Å². The third-order valence-corrected chi connectivity index (χ3v) is 2.61. The van der Waals surface area contributed by atoms with Crippen LogP contribution in [-0.4, -0.2) is 26.2 Å². The Balaban J connectivity index is 2.29. The van der Waals surface area contributed by atoms with Gasteiger partial charge in [0.25, 0.3) is 0 Å². The summed E-state index contributed by atoms with van der Waals surface area (Å²) in [6, 6.07) is 7.90. The Morgan fingerprint density at radius 3 is 2.53 bits per heavy atom. The van der Waals surface area contributed by atoms with E-state index in [1.807, 2.05) is 24.3 Å². The summed E-state index contributed by atoms with van der Waals surface area (Å²) in [5.74, 6) is 1.17. The fourth-order valence-corrected chi connectivity index (χ4v) is 1.56. The largest absolute Gasteiger partial charge is 0.493 e. The second-order valence-electron chi connectivity index (χ2n) is 4.84. The number of ether oxygens (including phenoxy) is 2. The van der Waals surface area contributed by atoms with Gasteiger partial charge in [0.15, 0.2) is 0 Å². The molecule has 0 atom stereocenters. The first-order valence-electron chi connectivity index (χ1n) is 6.61. The van der Waals surface area contributed by atoms with E-state index in [4.69, 9.17) is 4.74 Å². The fraction of sp³-hybridized carbons (Fsp3) is 0.533. The number of rotatable bonds is 8. The Morgan fingerprint density at radius 1 is 1.26 bits per heavy atom. The lowest BCUT2D eigenvalue weighted by atomic mass is 10.2. The van der Waals surface area contributed by atoms with Crippen molar-refractivity contribution in [1.29, 1.82) is 0 Å². The number of benzene rings is 1. The summed E-state index contributed by atoms with van der Waals surface area (Å²) >= 11 is 0. The first-order valence-corrected chi connectivity index (χ1v) is 6.61. The van der Waals surface area contributed by atoms with Crippen LogP contribution in [-0.2, 0) is 16.1 Å². The third kappa shape index (κ3) is 6.82. The highest BCUT2D eigenvalue weighted by molar-refractivity contribution is 5.69. The standard InChI is InChI=1S/C15H23NO3/c1-12(2)10-16-11-13-4-6-14(7-5-13)19-9-8-15(17)18-3/h4-7,12,16H,8-11H2,1-3H3. The molecular weight excluding hydrogens is 242 g/mol. The van der Waals surface area contributed by atoms with Crippen molar-refractivity contribution < 1.29 is 14.3 Å². The van der Waals surface area contributed by atoms with Gasteiger partial charge in [-0.1, -0.05) is 26.0 Å². The van der Waals surface area contributed by atoms with E-state index in [2.05, 4.69) is 23.9 Å². The van der Waals surface area contributed by atoms with Crippen molar-refractivity contribution in [3.8, 4) is 5.75 Å². The first kappa shape index (κ1) is 15.5. The molecule has 1 N–H and O–H groups in total. The van der Waals surface area contributed by atoms with Gasteiger partial charge in [-0.05, 0) is 30.2 Å². The van der Waals surface area contributed by atoms with Crippen molar-refractivity contribution in [2.24, 2.45) is 5.92 Å². The number of carbonyl (C=O) groups excluding carboxylic acids is 1. The van der Waals surface area contributed by atoms with Crippen LogP contribution >= 0.6 is 0 Å². The maximum atomic E-state index is 10.9. The normalized spacial score (nSPS) is 10.5. The molecule has 0 spiro atoms. The first-order chi connectivity index (χ1) is 9.11. The molecule has 0 aliphatic heterocycles. The minimum Gasteiger partial charge on any atom is -0.493 e. The summed E-state index contributed by atoms with van der Waals surface area (Å²) in [6.07, 6.45) is 0.272. The van der Waals surface area contributed by atoms with E-state index in [-0.39, 0.29) is 12.4 Å². The van der Waals surface area contributed by atoms with Crippen LogP contribution in [0.4, 0.5) is 0 Å². The Labute approximate surface area is 115 Å². The van der Waals surface area contributed by atoms with Crippen LogP contribution in [0.15, 0.2) is 24.3 Å². The van der Waals surface area contributed by atoms with Crippen LogP contribution in [0.2, 0.25) is 0 Å². The minimum absolute atomic E-state index is 0.255. The van der Waals surface area contributed by atoms with Gasteiger partial charge >= 0.3 is 5.97 Å². The van der Waals surface area contributed by atoms with Crippen LogP contribution in [0.1, 0.15) is 25.8 Å². The maximum Gasteiger partial charge on any atom is 0.308 e. The molecule has 1 rings (SSSR count). The van der Waals surface area contributed by atoms with Crippen LogP contribution in [0.3, 0.4) is 0 Å². The topological polar surface area (TPSA) is 47.6 Å². The zero-order valence-electron chi connectivity index (χ0n) is 11.9. The van der Waals surface area contributed by atoms with E-state index in [0.717, 1.165) is 18.8 Å². The van der Waals surface area contributed by atoms with Crippen molar-refractivity contribution in [1.82, 2.24) is 5.32 Å². The molecule has 0 fully saturated rings. The Hall–Kier alpha value is -1.55. The van der Waals surface area contributed by atoms with Crippen molar-refractivity contribution >= 4 is 5.97 Å². The van der Waals surface area contributed by atoms with Crippen molar-refractivity contribution in [2.45, 2.75) is 26.8 Å². The van der Waals surface area contributed by atoms with E-state index in [9.17, 15) is 4.79 Å². The molecule has 0 amide bonds. The molecule has 4 nitrogen and oxygen atoms in total. The zero-order valence-corrected chi connectivity index (χ0v) is 11.9. The minimum atomic E-state index is -0.255. The lowest BCUT2D eigenvalue weighted by Gasteiger charge is -2.09. The average molecular weight is 265 g/mol. The average Bonchev–Trinajstić information content (AvgIpc) is 2.40. The molecule has 1 aromatic rings. The maximum absolute atomic E-state index is 10.9. The summed E-state index contributed by atoms with van der Waals surface area (Å²) in [5, 5.41) is 3.38. The van der Waals surface area contributed by atoms with Crippen LogP contribution < -0.4 is 10.1 Å². The second-order valence-corrected chi connectivity index (χ2v) is 4.84. The molecule has 0 aliphatic carbocycles. The van der Waals surface area contributed by atoms with E-state index >= 15 is 0 Å². The zero-order chi connectivity index (χ0) is 14.1. The fourth-order valence-electron chi connectivity index (χ4n) is 1.56. The molecule has 106 valence electrons. The summed E-state index contributed by atoms with van der Waals surface area (Å²) in [7, 11) is 1.38. The molecule has 0 aliphatic rings. The Bertz CT molecular complexity index is 373. The Kier molecular flexibility index (Phi) is 6.97. The van der Waals surface area contributed by atoms with Gasteiger partial charge in [0.2, 0.25) is 0 Å². The lowest BCUT2D eigenvalue weighted by molar-refractivity contribution is -0.141. The van der Waals surface area contributed by atoms with Gasteiger partial charge in [0, 0.05) is 6.54 Å². The highest BCUT2D eigenvalue weighted by atomic mass is 16.5.